The molecular weight excluding hydrogens is 393 g/mol. The Morgan fingerprint density at radius 3 is 2.57 bits per heavy atom. The highest BCUT2D eigenvalue weighted by Crippen LogP contribution is 2.37. The quantitative estimate of drug-likeness (QED) is 0.658. The lowest BCUT2D eigenvalue weighted by atomic mass is 9.96. The number of aromatic nitrogens is 1. The van der Waals surface area contributed by atoms with Crippen LogP contribution in [0.4, 0.5) is 18.9 Å². The van der Waals surface area contributed by atoms with Gasteiger partial charge in [0.15, 0.2) is 0 Å². The highest BCUT2D eigenvalue weighted by atomic mass is 35.5. The largest absolute Gasteiger partial charge is 0.481 e. The van der Waals surface area contributed by atoms with Crippen LogP contribution < -0.4 is 4.90 Å². The van der Waals surface area contributed by atoms with Gasteiger partial charge in [0, 0.05) is 29.2 Å². The summed E-state index contributed by atoms with van der Waals surface area (Å²) < 4.78 is 40.0. The van der Waals surface area contributed by atoms with Crippen LogP contribution in [0.15, 0.2) is 48.5 Å². The van der Waals surface area contributed by atoms with E-state index >= 15 is 0 Å². The molecule has 2 heterocycles. The number of rotatable bonds is 3. The summed E-state index contributed by atoms with van der Waals surface area (Å²) in [5.41, 5.74) is 0.931. The number of hydrogen-bond acceptors (Lipinski definition) is 3. The van der Waals surface area contributed by atoms with Crippen molar-refractivity contribution in [2.45, 2.75) is 6.18 Å². The van der Waals surface area contributed by atoms with E-state index in [2.05, 4.69) is 4.98 Å². The highest BCUT2D eigenvalue weighted by Gasteiger charge is 2.34. The lowest BCUT2D eigenvalue weighted by Crippen LogP contribution is -2.50. The monoisotopic (exact) mass is 406 g/mol. The van der Waals surface area contributed by atoms with Crippen molar-refractivity contribution in [2.75, 3.05) is 18.0 Å². The molecule has 0 radical (unpaired) electrons. The number of carbonyl (C=O) groups is 1. The molecule has 0 bridgehead atoms. The second-order valence-corrected chi connectivity index (χ2v) is 7.14. The molecule has 28 heavy (non-hydrogen) atoms. The first-order chi connectivity index (χ1) is 13.2. The van der Waals surface area contributed by atoms with Crippen LogP contribution in [-0.4, -0.2) is 29.1 Å². The molecule has 1 fully saturated rings. The number of nitrogens with zero attached hydrogens (tertiary/aromatic N) is 2. The average molecular weight is 407 g/mol. The normalized spacial score (nSPS) is 14.9. The highest BCUT2D eigenvalue weighted by molar-refractivity contribution is 6.31. The van der Waals surface area contributed by atoms with Gasteiger partial charge in [0.25, 0.3) is 0 Å². The Morgan fingerprint density at radius 2 is 1.89 bits per heavy atom. The van der Waals surface area contributed by atoms with Gasteiger partial charge in [0.1, 0.15) is 5.69 Å². The van der Waals surface area contributed by atoms with Crippen molar-refractivity contribution in [3.8, 4) is 11.1 Å². The molecule has 1 aliphatic heterocycles. The third-order valence-corrected chi connectivity index (χ3v) is 5.05. The van der Waals surface area contributed by atoms with Crippen LogP contribution in [0.3, 0.4) is 0 Å². The standard InChI is InChI=1S/C20H14ClF3N2O2/c21-13-4-5-15-16(8-18(20(22,23)24)25-17(15)7-13)11-2-1-3-14(6-11)26-9-12(10-26)19(27)28/h1-8,12H,9-10H2,(H,27,28). The van der Waals surface area contributed by atoms with E-state index in [0.29, 0.717) is 34.6 Å². The number of alkyl halides is 3. The number of halogens is 4. The van der Waals surface area contributed by atoms with Crippen molar-refractivity contribution < 1.29 is 23.1 Å². The lowest BCUT2D eigenvalue weighted by molar-refractivity contribution is -0.142. The van der Waals surface area contributed by atoms with E-state index in [9.17, 15) is 18.0 Å². The molecule has 1 aromatic heterocycles. The Balaban J connectivity index is 1.80. The summed E-state index contributed by atoms with van der Waals surface area (Å²) >= 11 is 5.94. The van der Waals surface area contributed by atoms with E-state index in [4.69, 9.17) is 16.7 Å². The number of anilines is 1. The summed E-state index contributed by atoms with van der Waals surface area (Å²) in [6.07, 6.45) is -4.59. The van der Waals surface area contributed by atoms with Gasteiger partial charge in [0.05, 0.1) is 11.4 Å². The molecule has 0 atom stereocenters. The molecule has 0 aliphatic carbocycles. The Bertz CT molecular complexity index is 1080. The third kappa shape index (κ3) is 3.38. The molecule has 4 nitrogen and oxygen atoms in total. The molecule has 0 saturated carbocycles. The summed E-state index contributed by atoms with van der Waals surface area (Å²) in [5.74, 6) is -1.27. The van der Waals surface area contributed by atoms with E-state index in [-0.39, 0.29) is 5.52 Å². The van der Waals surface area contributed by atoms with Gasteiger partial charge >= 0.3 is 12.1 Å². The van der Waals surface area contributed by atoms with E-state index in [1.807, 2.05) is 11.0 Å². The van der Waals surface area contributed by atoms with Gasteiger partial charge in [-0.05, 0) is 41.5 Å². The first-order valence-corrected chi connectivity index (χ1v) is 8.86. The van der Waals surface area contributed by atoms with Crippen LogP contribution in [0, 0.1) is 5.92 Å². The van der Waals surface area contributed by atoms with Gasteiger partial charge < -0.3 is 10.0 Å². The van der Waals surface area contributed by atoms with Gasteiger partial charge in [-0.3, -0.25) is 4.79 Å². The fourth-order valence-electron chi connectivity index (χ4n) is 3.30. The molecule has 3 aromatic rings. The zero-order valence-electron chi connectivity index (χ0n) is 14.4. The van der Waals surface area contributed by atoms with Gasteiger partial charge in [-0.15, -0.1) is 0 Å². The number of carboxylic acid groups (broad SMARTS) is 1. The first kappa shape index (κ1) is 18.6. The molecule has 0 unspecified atom stereocenters. The number of pyridine rings is 1. The van der Waals surface area contributed by atoms with Gasteiger partial charge in [0.2, 0.25) is 0 Å². The number of hydrogen-bond donors (Lipinski definition) is 1. The van der Waals surface area contributed by atoms with Crippen LogP contribution >= 0.6 is 11.6 Å². The van der Waals surface area contributed by atoms with Gasteiger partial charge in [-0.2, -0.15) is 13.2 Å². The van der Waals surface area contributed by atoms with Gasteiger partial charge in [-0.25, -0.2) is 4.98 Å². The predicted octanol–water partition coefficient (Wildman–Crippen LogP) is 5.09. The van der Waals surface area contributed by atoms with Crippen LogP contribution in [-0.2, 0) is 11.0 Å². The van der Waals surface area contributed by atoms with E-state index in [1.54, 1.807) is 30.3 Å². The van der Waals surface area contributed by atoms with Crippen LogP contribution in [0.1, 0.15) is 5.69 Å². The molecule has 1 saturated heterocycles. The SMILES string of the molecule is O=C(O)C1CN(c2cccc(-c3cc(C(F)(F)F)nc4cc(Cl)ccc34)c2)C1. The molecule has 144 valence electrons. The van der Waals surface area contributed by atoms with Crippen molar-refractivity contribution in [1.82, 2.24) is 4.98 Å². The van der Waals surface area contributed by atoms with Crippen LogP contribution in [0.25, 0.3) is 22.0 Å². The lowest BCUT2D eigenvalue weighted by Gasteiger charge is -2.38. The Labute approximate surface area is 163 Å². The van der Waals surface area contributed by atoms with Crippen molar-refractivity contribution in [1.29, 1.82) is 0 Å². The van der Waals surface area contributed by atoms with Crippen LogP contribution in [0.5, 0.6) is 0 Å². The number of fused-ring (bicyclic) bond motifs is 1. The maximum Gasteiger partial charge on any atom is 0.433 e. The summed E-state index contributed by atoms with van der Waals surface area (Å²) in [6, 6.07) is 12.7. The molecule has 1 aliphatic rings. The fourth-order valence-corrected chi connectivity index (χ4v) is 3.47. The molecule has 8 heteroatoms. The predicted molar refractivity (Wildman–Crippen MR) is 101 cm³/mol. The Hall–Kier alpha value is -2.80. The molecule has 1 N–H and O–H groups in total. The Morgan fingerprint density at radius 1 is 1.14 bits per heavy atom. The van der Waals surface area contributed by atoms with E-state index in [0.717, 1.165) is 11.8 Å². The molecule has 0 spiro atoms. The summed E-state index contributed by atoms with van der Waals surface area (Å²) in [4.78, 5) is 16.6. The number of aliphatic carboxylic acids is 1. The zero-order chi connectivity index (χ0) is 20.1. The van der Waals surface area contributed by atoms with Crippen molar-refractivity contribution in [3.05, 3.63) is 59.2 Å². The summed E-state index contributed by atoms with van der Waals surface area (Å²) in [5, 5.41) is 9.89. The maximum absolute atomic E-state index is 13.3. The number of carboxylic acids is 1. The zero-order valence-corrected chi connectivity index (χ0v) is 15.1. The first-order valence-electron chi connectivity index (χ1n) is 8.48. The molecule has 0 amide bonds. The van der Waals surface area contributed by atoms with Crippen LogP contribution in [0.2, 0.25) is 5.02 Å². The number of benzene rings is 2. The minimum absolute atomic E-state index is 0.164. The second kappa shape index (κ2) is 6.67. The van der Waals surface area contributed by atoms with Gasteiger partial charge in [-0.1, -0.05) is 29.8 Å². The average Bonchev–Trinajstić information content (AvgIpc) is 2.58. The molecular formula is C20H14ClF3N2O2. The maximum atomic E-state index is 13.3. The van der Waals surface area contributed by atoms with E-state index in [1.165, 1.54) is 6.07 Å². The minimum atomic E-state index is -4.59. The van der Waals surface area contributed by atoms with Crippen molar-refractivity contribution in [3.63, 3.8) is 0 Å². The summed E-state index contributed by atoms with van der Waals surface area (Å²) in [7, 11) is 0. The molecule has 4 rings (SSSR count). The van der Waals surface area contributed by atoms with Crippen molar-refractivity contribution in [2.24, 2.45) is 5.92 Å². The fraction of sp³-hybridized carbons (Fsp3) is 0.200. The van der Waals surface area contributed by atoms with E-state index < -0.39 is 23.8 Å². The topological polar surface area (TPSA) is 53.4 Å². The second-order valence-electron chi connectivity index (χ2n) is 6.70. The van der Waals surface area contributed by atoms with Crippen molar-refractivity contribution >= 4 is 34.2 Å². The Kier molecular flexibility index (Phi) is 4.42. The minimum Gasteiger partial charge on any atom is -0.481 e. The summed E-state index contributed by atoms with van der Waals surface area (Å²) in [6.45, 7) is 0.749. The molecule has 2 aromatic carbocycles. The smallest absolute Gasteiger partial charge is 0.433 e. The third-order valence-electron chi connectivity index (χ3n) is 4.82.